The maximum atomic E-state index is 12.7. The first-order chi connectivity index (χ1) is 10.2. The third-order valence-corrected chi connectivity index (χ3v) is 5.29. The van der Waals surface area contributed by atoms with Crippen LogP contribution in [0, 0.1) is 13.8 Å². The summed E-state index contributed by atoms with van der Waals surface area (Å²) in [5.41, 5.74) is 5.97. The Morgan fingerprint density at radius 3 is 2.41 bits per heavy atom. The molecule has 1 heterocycles. The van der Waals surface area contributed by atoms with Gasteiger partial charge in [0.2, 0.25) is 15.9 Å². The third-order valence-electron chi connectivity index (χ3n) is 3.69. The topological polar surface area (TPSA) is 108 Å². The number of benzene rings is 1. The normalized spacial score (nSPS) is 16.9. The zero-order valence-corrected chi connectivity index (χ0v) is 13.6. The summed E-state index contributed by atoms with van der Waals surface area (Å²) in [6, 6.07) is 3.22. The zero-order valence-electron chi connectivity index (χ0n) is 12.8. The second kappa shape index (κ2) is 5.86. The predicted molar refractivity (Wildman–Crippen MR) is 80.2 cm³/mol. The molecule has 1 aromatic rings. The van der Waals surface area contributed by atoms with E-state index in [-0.39, 0.29) is 30.3 Å². The highest BCUT2D eigenvalue weighted by molar-refractivity contribution is 7.89. The molecule has 1 aromatic carbocycles. The highest BCUT2D eigenvalue weighted by atomic mass is 32.2. The van der Waals surface area contributed by atoms with Crippen molar-refractivity contribution >= 4 is 15.9 Å². The summed E-state index contributed by atoms with van der Waals surface area (Å²) in [5.74, 6) is -0.330. The maximum absolute atomic E-state index is 12.7. The fourth-order valence-corrected chi connectivity index (χ4v) is 3.96. The molecular weight excluding hydrogens is 308 g/mol. The molecule has 3 N–H and O–H groups in total. The SMILES string of the molecule is COc1cc(C)c(C)cc1S(=O)(=O)NC1(CC(N)=O)COC1. The number of hydrogen-bond acceptors (Lipinski definition) is 5. The molecule has 122 valence electrons. The number of nitrogens with one attached hydrogen (secondary N) is 1. The molecule has 7 nitrogen and oxygen atoms in total. The molecule has 1 aliphatic rings. The monoisotopic (exact) mass is 328 g/mol. The van der Waals surface area contributed by atoms with Crippen LogP contribution >= 0.6 is 0 Å². The van der Waals surface area contributed by atoms with Crippen LogP contribution in [-0.4, -0.2) is 40.2 Å². The molecule has 1 saturated heterocycles. The minimum atomic E-state index is -3.87. The number of ether oxygens (including phenoxy) is 2. The van der Waals surface area contributed by atoms with Gasteiger partial charge in [0.15, 0.2) is 0 Å². The number of sulfonamides is 1. The number of rotatable bonds is 6. The third kappa shape index (κ3) is 3.23. The van der Waals surface area contributed by atoms with Crippen molar-refractivity contribution in [3.8, 4) is 5.75 Å². The first-order valence-corrected chi connectivity index (χ1v) is 8.23. The Kier molecular flexibility index (Phi) is 4.46. The molecule has 0 radical (unpaired) electrons. The Balaban J connectivity index is 2.38. The van der Waals surface area contributed by atoms with Crippen LogP contribution in [0.2, 0.25) is 0 Å². The van der Waals surface area contributed by atoms with Gasteiger partial charge in [0.05, 0.1) is 32.3 Å². The Morgan fingerprint density at radius 2 is 1.95 bits per heavy atom. The number of carbonyl (C=O) groups is 1. The van der Waals surface area contributed by atoms with Crippen LogP contribution in [0.4, 0.5) is 0 Å². The van der Waals surface area contributed by atoms with Crippen LogP contribution in [0.1, 0.15) is 17.5 Å². The van der Waals surface area contributed by atoms with Crippen molar-refractivity contribution in [3.05, 3.63) is 23.3 Å². The maximum Gasteiger partial charge on any atom is 0.244 e. The fraction of sp³-hybridized carbons (Fsp3) is 0.500. The van der Waals surface area contributed by atoms with Crippen molar-refractivity contribution in [2.24, 2.45) is 5.73 Å². The summed E-state index contributed by atoms with van der Waals surface area (Å²) < 4.78 is 38.1. The second-order valence-corrected chi connectivity index (χ2v) is 7.26. The molecule has 1 aliphatic heterocycles. The lowest BCUT2D eigenvalue weighted by atomic mass is 9.94. The van der Waals surface area contributed by atoms with Gasteiger partial charge in [-0.1, -0.05) is 0 Å². The van der Waals surface area contributed by atoms with E-state index < -0.39 is 21.5 Å². The fourth-order valence-electron chi connectivity index (χ4n) is 2.35. The molecule has 0 bridgehead atoms. The molecule has 2 rings (SSSR count). The minimum Gasteiger partial charge on any atom is -0.495 e. The Bertz CT molecular complexity index is 695. The van der Waals surface area contributed by atoms with Crippen LogP contribution in [0.5, 0.6) is 5.75 Å². The van der Waals surface area contributed by atoms with Crippen molar-refractivity contribution in [1.29, 1.82) is 0 Å². The summed E-state index contributed by atoms with van der Waals surface area (Å²) in [4.78, 5) is 11.2. The second-order valence-electron chi connectivity index (χ2n) is 5.61. The van der Waals surface area contributed by atoms with Gasteiger partial charge in [0, 0.05) is 0 Å². The van der Waals surface area contributed by atoms with Gasteiger partial charge in [-0.05, 0) is 37.1 Å². The predicted octanol–water partition coefficient (Wildman–Crippen LogP) is 0.235. The summed E-state index contributed by atoms with van der Waals surface area (Å²) >= 11 is 0. The van der Waals surface area contributed by atoms with Gasteiger partial charge in [-0.2, -0.15) is 4.72 Å². The molecule has 0 aliphatic carbocycles. The smallest absolute Gasteiger partial charge is 0.244 e. The van der Waals surface area contributed by atoms with E-state index in [2.05, 4.69) is 4.72 Å². The molecule has 0 aromatic heterocycles. The van der Waals surface area contributed by atoms with Gasteiger partial charge in [-0.15, -0.1) is 0 Å². The molecule has 1 amide bonds. The Labute approximate surface area is 129 Å². The van der Waals surface area contributed by atoms with E-state index in [4.69, 9.17) is 15.2 Å². The highest BCUT2D eigenvalue weighted by Crippen LogP contribution is 2.30. The zero-order chi connectivity index (χ0) is 16.5. The quantitative estimate of drug-likeness (QED) is 0.777. The molecule has 8 heteroatoms. The largest absolute Gasteiger partial charge is 0.495 e. The van der Waals surface area contributed by atoms with Gasteiger partial charge in [0.1, 0.15) is 10.6 Å². The number of nitrogens with two attached hydrogens (primary N) is 1. The lowest BCUT2D eigenvalue weighted by molar-refractivity contribution is -0.126. The van der Waals surface area contributed by atoms with Crippen molar-refractivity contribution < 1.29 is 22.7 Å². The lowest BCUT2D eigenvalue weighted by Gasteiger charge is -2.40. The number of aryl methyl sites for hydroxylation is 2. The summed E-state index contributed by atoms with van der Waals surface area (Å²) in [6.07, 6.45) is -0.112. The Morgan fingerprint density at radius 1 is 1.36 bits per heavy atom. The summed E-state index contributed by atoms with van der Waals surface area (Å²) in [5, 5.41) is 0. The number of primary amides is 1. The molecule has 0 atom stereocenters. The van der Waals surface area contributed by atoms with Crippen molar-refractivity contribution in [2.45, 2.75) is 30.7 Å². The molecule has 22 heavy (non-hydrogen) atoms. The van der Waals surface area contributed by atoms with E-state index >= 15 is 0 Å². The van der Waals surface area contributed by atoms with Crippen LogP contribution in [0.15, 0.2) is 17.0 Å². The molecule has 1 fully saturated rings. The van der Waals surface area contributed by atoms with E-state index in [0.29, 0.717) is 0 Å². The lowest BCUT2D eigenvalue weighted by Crippen LogP contribution is -2.63. The van der Waals surface area contributed by atoms with Crippen LogP contribution < -0.4 is 15.2 Å². The van der Waals surface area contributed by atoms with E-state index in [1.807, 2.05) is 13.8 Å². The number of methoxy groups -OCH3 is 1. The van der Waals surface area contributed by atoms with E-state index in [1.54, 1.807) is 12.1 Å². The van der Waals surface area contributed by atoms with E-state index in [0.717, 1.165) is 11.1 Å². The molecule has 0 unspecified atom stereocenters. The van der Waals surface area contributed by atoms with Gasteiger partial charge in [0.25, 0.3) is 0 Å². The summed E-state index contributed by atoms with van der Waals surface area (Å²) in [6.45, 7) is 3.92. The average Bonchev–Trinajstić information content (AvgIpc) is 2.37. The van der Waals surface area contributed by atoms with Gasteiger partial charge in [-0.3, -0.25) is 4.79 Å². The van der Waals surface area contributed by atoms with Crippen LogP contribution in [0.25, 0.3) is 0 Å². The first-order valence-electron chi connectivity index (χ1n) is 6.74. The van der Waals surface area contributed by atoms with Crippen molar-refractivity contribution in [1.82, 2.24) is 4.72 Å². The highest BCUT2D eigenvalue weighted by Gasteiger charge is 2.44. The van der Waals surface area contributed by atoms with Gasteiger partial charge >= 0.3 is 0 Å². The number of carbonyl (C=O) groups excluding carboxylic acids is 1. The van der Waals surface area contributed by atoms with Gasteiger partial charge in [-0.25, -0.2) is 8.42 Å². The van der Waals surface area contributed by atoms with E-state index in [1.165, 1.54) is 7.11 Å². The number of hydrogen-bond donors (Lipinski definition) is 2. The summed E-state index contributed by atoms with van der Waals surface area (Å²) in [7, 11) is -2.46. The van der Waals surface area contributed by atoms with Crippen LogP contribution in [-0.2, 0) is 19.6 Å². The standard InChI is InChI=1S/C14H20N2O5S/c1-9-4-11(20-3)12(5-10(9)2)22(18,19)16-14(6-13(15)17)7-21-8-14/h4-5,16H,6-8H2,1-3H3,(H2,15,17). The first kappa shape index (κ1) is 16.7. The van der Waals surface area contributed by atoms with E-state index in [9.17, 15) is 13.2 Å². The van der Waals surface area contributed by atoms with Gasteiger partial charge < -0.3 is 15.2 Å². The minimum absolute atomic E-state index is 0.0360. The molecular formula is C14H20N2O5S. The number of amides is 1. The molecule has 0 spiro atoms. The molecule has 0 saturated carbocycles. The average molecular weight is 328 g/mol. The van der Waals surface area contributed by atoms with Crippen LogP contribution in [0.3, 0.4) is 0 Å². The van der Waals surface area contributed by atoms with Crippen molar-refractivity contribution in [3.63, 3.8) is 0 Å². The van der Waals surface area contributed by atoms with Crippen molar-refractivity contribution in [2.75, 3.05) is 20.3 Å². The Hall–Kier alpha value is -1.64.